The first-order valence-electron chi connectivity index (χ1n) is 8.67. The van der Waals surface area contributed by atoms with Gasteiger partial charge >= 0.3 is 0 Å². The van der Waals surface area contributed by atoms with Crippen molar-refractivity contribution in [2.75, 3.05) is 19.6 Å². The van der Waals surface area contributed by atoms with Gasteiger partial charge in [0, 0.05) is 36.6 Å². The van der Waals surface area contributed by atoms with Crippen LogP contribution in [0.1, 0.15) is 47.3 Å². The molecule has 0 radical (unpaired) electrons. The van der Waals surface area contributed by atoms with Crippen LogP contribution in [-0.4, -0.2) is 46.2 Å². The van der Waals surface area contributed by atoms with Crippen molar-refractivity contribution in [1.29, 1.82) is 0 Å². The average molecular weight is 367 g/mol. The number of hydrogen-bond acceptors (Lipinski definition) is 4. The summed E-state index contributed by atoms with van der Waals surface area (Å²) in [5.41, 5.74) is 2.66. The second kappa shape index (κ2) is 8.06. The number of amides is 1. The van der Waals surface area contributed by atoms with Crippen LogP contribution in [0.4, 0.5) is 0 Å². The van der Waals surface area contributed by atoms with Crippen molar-refractivity contribution in [2.24, 2.45) is 0 Å². The standard InChI is InChI=1S/C18H26N4O2.ClH/c1-5-8-21(15-6-7-19-11-15)18(23)16-9-12(2)22(14(16)4)17-10-13(3)24-20-17;/h9-10,15,19H,5-8,11H2,1-4H3;1H. The zero-order valence-electron chi connectivity index (χ0n) is 15.3. The summed E-state index contributed by atoms with van der Waals surface area (Å²) in [6.45, 7) is 10.6. The maximum atomic E-state index is 13.2. The van der Waals surface area contributed by atoms with Crippen molar-refractivity contribution in [3.8, 4) is 5.82 Å². The molecule has 1 amide bonds. The molecule has 2 aromatic rings. The molecule has 25 heavy (non-hydrogen) atoms. The number of aryl methyl sites for hydroxylation is 2. The number of nitrogens with zero attached hydrogens (tertiary/aromatic N) is 3. The summed E-state index contributed by atoms with van der Waals surface area (Å²) < 4.78 is 7.18. The van der Waals surface area contributed by atoms with Crippen LogP contribution in [0.5, 0.6) is 0 Å². The van der Waals surface area contributed by atoms with Gasteiger partial charge in [-0.2, -0.15) is 0 Å². The highest BCUT2D eigenvalue weighted by molar-refractivity contribution is 5.96. The Morgan fingerprint density at radius 2 is 2.16 bits per heavy atom. The molecule has 1 aliphatic rings. The number of rotatable bonds is 5. The third kappa shape index (κ3) is 3.75. The Morgan fingerprint density at radius 1 is 1.40 bits per heavy atom. The largest absolute Gasteiger partial charge is 0.360 e. The third-order valence-electron chi connectivity index (χ3n) is 4.71. The summed E-state index contributed by atoms with van der Waals surface area (Å²) in [5.74, 6) is 1.60. The van der Waals surface area contributed by atoms with Gasteiger partial charge in [0.2, 0.25) is 0 Å². The smallest absolute Gasteiger partial charge is 0.255 e. The Bertz CT molecular complexity index is 732. The van der Waals surface area contributed by atoms with Crippen LogP contribution in [-0.2, 0) is 0 Å². The van der Waals surface area contributed by atoms with E-state index >= 15 is 0 Å². The maximum absolute atomic E-state index is 13.2. The molecule has 1 N–H and O–H groups in total. The van der Waals surface area contributed by atoms with Crippen LogP contribution in [0.3, 0.4) is 0 Å². The van der Waals surface area contributed by atoms with E-state index in [0.29, 0.717) is 0 Å². The molecule has 1 saturated heterocycles. The molecule has 0 spiro atoms. The first-order valence-corrected chi connectivity index (χ1v) is 8.67. The number of aromatic nitrogens is 2. The summed E-state index contributed by atoms with van der Waals surface area (Å²) in [7, 11) is 0. The van der Waals surface area contributed by atoms with E-state index in [1.165, 1.54) is 0 Å². The van der Waals surface area contributed by atoms with Crippen molar-refractivity contribution in [3.05, 3.63) is 34.8 Å². The molecule has 0 aromatic carbocycles. The highest BCUT2D eigenvalue weighted by Crippen LogP contribution is 2.23. The van der Waals surface area contributed by atoms with Crippen LogP contribution in [0.15, 0.2) is 16.7 Å². The Kier molecular flexibility index (Phi) is 6.30. The Hall–Kier alpha value is -1.79. The molecule has 0 bridgehead atoms. The molecule has 0 saturated carbocycles. The Labute approximate surface area is 155 Å². The van der Waals surface area contributed by atoms with Gasteiger partial charge < -0.3 is 14.7 Å². The lowest BCUT2D eigenvalue weighted by Gasteiger charge is -2.28. The van der Waals surface area contributed by atoms with E-state index in [0.717, 1.165) is 61.0 Å². The normalized spacial score (nSPS) is 16.7. The molecule has 6 nitrogen and oxygen atoms in total. The summed E-state index contributed by atoms with van der Waals surface area (Å²) in [6.07, 6.45) is 1.98. The third-order valence-corrected chi connectivity index (χ3v) is 4.71. The first kappa shape index (κ1) is 19.5. The molecule has 7 heteroatoms. The number of carbonyl (C=O) groups is 1. The van der Waals surface area contributed by atoms with E-state index in [2.05, 4.69) is 17.4 Å². The molecule has 3 heterocycles. The van der Waals surface area contributed by atoms with E-state index in [-0.39, 0.29) is 24.4 Å². The quantitative estimate of drug-likeness (QED) is 0.883. The van der Waals surface area contributed by atoms with Crippen LogP contribution in [0.25, 0.3) is 5.82 Å². The van der Waals surface area contributed by atoms with Gasteiger partial charge in [0.25, 0.3) is 5.91 Å². The molecular formula is C18H27ClN4O2. The fourth-order valence-electron chi connectivity index (χ4n) is 3.54. The summed E-state index contributed by atoms with van der Waals surface area (Å²) >= 11 is 0. The summed E-state index contributed by atoms with van der Waals surface area (Å²) in [5, 5.41) is 7.45. The molecular weight excluding hydrogens is 340 g/mol. The van der Waals surface area contributed by atoms with Gasteiger partial charge in [-0.1, -0.05) is 12.1 Å². The second-order valence-electron chi connectivity index (χ2n) is 6.56. The predicted molar refractivity (Wildman–Crippen MR) is 99.9 cm³/mol. The highest BCUT2D eigenvalue weighted by Gasteiger charge is 2.29. The van der Waals surface area contributed by atoms with Gasteiger partial charge in [-0.25, -0.2) is 0 Å². The molecule has 1 unspecified atom stereocenters. The lowest BCUT2D eigenvalue weighted by atomic mass is 10.1. The summed E-state index contributed by atoms with van der Waals surface area (Å²) in [4.78, 5) is 15.2. The maximum Gasteiger partial charge on any atom is 0.255 e. The number of carbonyl (C=O) groups excluding carboxylic acids is 1. The lowest BCUT2D eigenvalue weighted by molar-refractivity contribution is 0.0691. The minimum atomic E-state index is 0. The zero-order valence-corrected chi connectivity index (χ0v) is 16.2. The Morgan fingerprint density at radius 3 is 2.72 bits per heavy atom. The van der Waals surface area contributed by atoms with Crippen molar-refractivity contribution < 1.29 is 9.32 Å². The van der Waals surface area contributed by atoms with Crippen molar-refractivity contribution in [1.82, 2.24) is 19.9 Å². The van der Waals surface area contributed by atoms with Gasteiger partial charge in [0.1, 0.15) is 5.76 Å². The van der Waals surface area contributed by atoms with Crippen LogP contribution >= 0.6 is 12.4 Å². The molecule has 138 valence electrons. The van der Waals surface area contributed by atoms with E-state index in [1.54, 1.807) is 0 Å². The predicted octanol–water partition coefficient (Wildman–Crippen LogP) is 3.03. The minimum Gasteiger partial charge on any atom is -0.360 e. The lowest BCUT2D eigenvalue weighted by Crippen LogP contribution is -2.42. The van der Waals surface area contributed by atoms with Crippen LogP contribution in [0.2, 0.25) is 0 Å². The van der Waals surface area contributed by atoms with Crippen molar-refractivity contribution >= 4 is 18.3 Å². The topological polar surface area (TPSA) is 63.3 Å². The van der Waals surface area contributed by atoms with Gasteiger partial charge in [0.05, 0.1) is 5.56 Å². The molecule has 0 aliphatic carbocycles. The van der Waals surface area contributed by atoms with E-state index in [9.17, 15) is 4.79 Å². The van der Waals surface area contributed by atoms with Crippen LogP contribution < -0.4 is 5.32 Å². The van der Waals surface area contributed by atoms with Crippen LogP contribution in [0, 0.1) is 20.8 Å². The zero-order chi connectivity index (χ0) is 17.3. The molecule has 1 atom stereocenters. The number of hydrogen-bond donors (Lipinski definition) is 1. The van der Waals surface area contributed by atoms with E-state index in [1.807, 2.05) is 42.4 Å². The van der Waals surface area contributed by atoms with E-state index < -0.39 is 0 Å². The van der Waals surface area contributed by atoms with Gasteiger partial charge in [-0.15, -0.1) is 12.4 Å². The second-order valence-corrected chi connectivity index (χ2v) is 6.56. The van der Waals surface area contributed by atoms with Gasteiger partial charge in [-0.3, -0.25) is 9.36 Å². The van der Waals surface area contributed by atoms with E-state index in [4.69, 9.17) is 4.52 Å². The molecule has 1 fully saturated rings. The SMILES string of the molecule is CCCN(C(=O)c1cc(C)n(-c2cc(C)on2)c1C)C1CCNC1.Cl. The average Bonchev–Trinajstić information content (AvgIpc) is 3.26. The fraction of sp³-hybridized carbons (Fsp3) is 0.556. The molecule has 1 aliphatic heterocycles. The molecule has 2 aromatic heterocycles. The first-order chi connectivity index (χ1) is 11.5. The van der Waals surface area contributed by atoms with Crippen molar-refractivity contribution in [3.63, 3.8) is 0 Å². The molecule has 3 rings (SSSR count). The summed E-state index contributed by atoms with van der Waals surface area (Å²) in [6, 6.07) is 4.14. The number of nitrogens with one attached hydrogen (secondary N) is 1. The number of halogens is 1. The fourth-order valence-corrected chi connectivity index (χ4v) is 3.54. The minimum absolute atomic E-state index is 0. The van der Waals surface area contributed by atoms with Gasteiger partial charge in [-0.05, 0) is 46.2 Å². The Balaban J connectivity index is 0.00000225. The van der Waals surface area contributed by atoms with Crippen molar-refractivity contribution in [2.45, 2.75) is 46.6 Å². The van der Waals surface area contributed by atoms with Gasteiger partial charge in [0.15, 0.2) is 5.82 Å². The monoisotopic (exact) mass is 366 g/mol. The highest BCUT2D eigenvalue weighted by atomic mass is 35.5.